The fourth-order valence-electron chi connectivity index (χ4n) is 5.84. The lowest BCUT2D eigenvalue weighted by molar-refractivity contribution is 0.0803. The second kappa shape index (κ2) is 9.42. The molecule has 2 aromatic rings. The summed E-state index contributed by atoms with van der Waals surface area (Å²) in [6, 6.07) is 7.14. The Labute approximate surface area is 195 Å². The molecule has 0 unspecified atom stereocenters. The van der Waals surface area contributed by atoms with Crippen LogP contribution in [-0.4, -0.2) is 23.0 Å². The Morgan fingerprint density at radius 1 is 1.21 bits per heavy atom. The maximum Gasteiger partial charge on any atom is 0.262 e. The first kappa shape index (κ1) is 23.1. The van der Waals surface area contributed by atoms with Crippen LogP contribution in [0.4, 0.5) is 0 Å². The lowest BCUT2D eigenvalue weighted by Gasteiger charge is -2.45. The summed E-state index contributed by atoms with van der Waals surface area (Å²) in [5.74, 6) is 1.12. The van der Waals surface area contributed by atoms with Crippen LogP contribution in [0.15, 0.2) is 59.1 Å². The van der Waals surface area contributed by atoms with Crippen molar-refractivity contribution in [3.8, 4) is 22.6 Å². The number of ketones is 1. The number of aromatic nitrogens is 1. The molecular weight excluding hydrogens is 414 g/mol. The van der Waals surface area contributed by atoms with Crippen LogP contribution in [0.2, 0.25) is 0 Å². The molecule has 33 heavy (non-hydrogen) atoms. The van der Waals surface area contributed by atoms with Crippen LogP contribution in [-0.2, 0) is 0 Å². The molecule has 0 aliphatic heterocycles. The summed E-state index contributed by atoms with van der Waals surface area (Å²) in [5.41, 5.74) is 1.63. The zero-order valence-electron chi connectivity index (χ0n) is 19.8. The normalized spacial score (nSPS) is 27.2. The number of aromatic amines is 1. The molecule has 0 bridgehead atoms. The van der Waals surface area contributed by atoms with Gasteiger partial charge in [-0.25, -0.2) is 0 Å². The van der Waals surface area contributed by atoms with Crippen molar-refractivity contribution < 1.29 is 14.6 Å². The van der Waals surface area contributed by atoms with E-state index in [2.05, 4.69) is 24.9 Å². The van der Waals surface area contributed by atoms with Gasteiger partial charge in [0.2, 0.25) is 0 Å². The van der Waals surface area contributed by atoms with Gasteiger partial charge in [-0.05, 0) is 68.1 Å². The Bertz CT molecular complexity index is 1140. The molecule has 2 aliphatic carbocycles. The SMILES string of the molecule is C/C=C/[C@@H]1[C@H]2C[C@@H](C)CC[C@@H]2C(C)=C[C@H]1C(=O)c1c(O)c(-c2ccc(OC)cc2)c[nH]c1=O. The van der Waals surface area contributed by atoms with Gasteiger partial charge in [0.1, 0.15) is 17.1 Å². The van der Waals surface area contributed by atoms with Gasteiger partial charge in [0.05, 0.1) is 7.11 Å². The number of H-pyrrole nitrogens is 1. The lowest BCUT2D eigenvalue weighted by atomic mass is 9.59. The predicted octanol–water partition coefficient (Wildman–Crippen LogP) is 5.76. The van der Waals surface area contributed by atoms with Gasteiger partial charge < -0.3 is 14.8 Å². The number of methoxy groups -OCH3 is 1. The van der Waals surface area contributed by atoms with E-state index in [1.165, 1.54) is 18.2 Å². The second-order valence-electron chi connectivity index (χ2n) is 9.58. The Kier molecular flexibility index (Phi) is 6.59. The number of hydrogen-bond acceptors (Lipinski definition) is 4. The number of hydrogen-bond donors (Lipinski definition) is 2. The second-order valence-corrected chi connectivity index (χ2v) is 9.58. The van der Waals surface area contributed by atoms with Gasteiger partial charge in [0.15, 0.2) is 5.78 Å². The molecule has 0 amide bonds. The molecule has 2 aliphatic rings. The smallest absolute Gasteiger partial charge is 0.262 e. The Morgan fingerprint density at radius 2 is 1.94 bits per heavy atom. The number of nitrogens with one attached hydrogen (secondary N) is 1. The minimum atomic E-state index is -0.556. The van der Waals surface area contributed by atoms with Gasteiger partial charge in [-0.3, -0.25) is 9.59 Å². The van der Waals surface area contributed by atoms with E-state index in [-0.39, 0.29) is 23.0 Å². The molecule has 1 fully saturated rings. The van der Waals surface area contributed by atoms with E-state index in [1.807, 2.05) is 19.1 Å². The van der Waals surface area contributed by atoms with E-state index >= 15 is 0 Å². The zero-order valence-corrected chi connectivity index (χ0v) is 19.8. The Balaban J connectivity index is 1.77. The number of carbonyl (C=O) groups excluding carboxylic acids is 1. The van der Waals surface area contributed by atoms with Crippen molar-refractivity contribution in [3.05, 3.63) is 70.2 Å². The molecule has 4 rings (SSSR count). The van der Waals surface area contributed by atoms with E-state index in [1.54, 1.807) is 31.4 Å². The number of allylic oxidation sites excluding steroid dienone is 4. The Morgan fingerprint density at radius 3 is 2.61 bits per heavy atom. The van der Waals surface area contributed by atoms with Crippen molar-refractivity contribution in [1.29, 1.82) is 0 Å². The highest BCUT2D eigenvalue weighted by atomic mass is 16.5. The fourth-order valence-corrected chi connectivity index (χ4v) is 5.84. The number of fused-ring (bicyclic) bond motifs is 1. The fraction of sp³-hybridized carbons (Fsp3) is 0.429. The lowest BCUT2D eigenvalue weighted by Crippen LogP contribution is -2.40. The van der Waals surface area contributed by atoms with Crippen LogP contribution in [0.25, 0.3) is 11.1 Å². The summed E-state index contributed by atoms with van der Waals surface area (Å²) >= 11 is 0. The molecule has 0 spiro atoms. The topological polar surface area (TPSA) is 79.4 Å². The number of ether oxygens (including phenoxy) is 1. The van der Waals surface area contributed by atoms with Gasteiger partial charge in [0, 0.05) is 17.7 Å². The average molecular weight is 448 g/mol. The first-order valence-corrected chi connectivity index (χ1v) is 11.8. The summed E-state index contributed by atoms with van der Waals surface area (Å²) in [4.78, 5) is 29.3. The third-order valence-corrected chi connectivity index (χ3v) is 7.53. The Hall–Kier alpha value is -3.08. The number of carbonyl (C=O) groups is 1. The van der Waals surface area contributed by atoms with Crippen LogP contribution in [0.3, 0.4) is 0 Å². The minimum absolute atomic E-state index is 0.0161. The van der Waals surface area contributed by atoms with Crippen LogP contribution in [0.5, 0.6) is 11.5 Å². The summed E-state index contributed by atoms with van der Waals surface area (Å²) in [6.07, 6.45) is 11.1. The van der Waals surface area contributed by atoms with Gasteiger partial charge in [0.25, 0.3) is 5.56 Å². The van der Waals surface area contributed by atoms with Crippen molar-refractivity contribution in [2.45, 2.75) is 40.0 Å². The molecule has 1 aromatic carbocycles. The van der Waals surface area contributed by atoms with Crippen LogP contribution >= 0.6 is 0 Å². The van der Waals surface area contributed by atoms with Crippen LogP contribution in [0, 0.1) is 29.6 Å². The van der Waals surface area contributed by atoms with Crippen molar-refractivity contribution in [3.63, 3.8) is 0 Å². The maximum absolute atomic E-state index is 13.8. The molecule has 5 heteroatoms. The summed E-state index contributed by atoms with van der Waals surface area (Å²) in [7, 11) is 1.59. The quantitative estimate of drug-likeness (QED) is 0.451. The van der Waals surface area contributed by atoms with Crippen molar-refractivity contribution >= 4 is 5.78 Å². The van der Waals surface area contributed by atoms with Gasteiger partial charge >= 0.3 is 0 Å². The van der Waals surface area contributed by atoms with Crippen molar-refractivity contribution in [2.75, 3.05) is 7.11 Å². The standard InChI is InChI=1S/C28H33NO4/c1-5-6-21-22-13-16(2)7-12-20(22)17(3)14-23(21)26(30)25-27(31)24(15-29-28(25)32)18-8-10-19(33-4)11-9-18/h5-6,8-11,14-16,20-23H,7,12-13H2,1-4H3,(H2,29,31,32)/b6-5+/t16-,20+,21+,22-,23+/m0/s1. The molecule has 2 N–H and O–H groups in total. The number of aromatic hydroxyl groups is 1. The van der Waals surface area contributed by atoms with E-state index in [0.29, 0.717) is 34.6 Å². The van der Waals surface area contributed by atoms with Gasteiger partial charge in [-0.15, -0.1) is 0 Å². The molecule has 1 aromatic heterocycles. The highest BCUT2D eigenvalue weighted by molar-refractivity contribution is 6.03. The molecule has 0 saturated heterocycles. The maximum atomic E-state index is 13.8. The van der Waals surface area contributed by atoms with Crippen LogP contribution < -0.4 is 10.3 Å². The highest BCUT2D eigenvalue weighted by Crippen LogP contribution is 2.49. The predicted molar refractivity (Wildman–Crippen MR) is 131 cm³/mol. The average Bonchev–Trinajstić information content (AvgIpc) is 2.81. The van der Waals surface area contributed by atoms with Gasteiger partial charge in [-0.1, -0.05) is 49.3 Å². The number of benzene rings is 1. The van der Waals surface area contributed by atoms with Crippen molar-refractivity contribution in [2.24, 2.45) is 29.6 Å². The van der Waals surface area contributed by atoms with Gasteiger partial charge in [-0.2, -0.15) is 0 Å². The molecule has 1 heterocycles. The minimum Gasteiger partial charge on any atom is -0.506 e. The number of Topliss-reactive ketones (excluding diaryl/α,β-unsaturated/α-hetero) is 1. The monoisotopic (exact) mass is 447 g/mol. The molecule has 1 saturated carbocycles. The molecule has 5 nitrogen and oxygen atoms in total. The number of pyridine rings is 1. The third-order valence-electron chi connectivity index (χ3n) is 7.53. The highest BCUT2D eigenvalue weighted by Gasteiger charge is 2.43. The molecular formula is C28H33NO4. The van der Waals surface area contributed by atoms with Crippen molar-refractivity contribution in [1.82, 2.24) is 4.98 Å². The van der Waals surface area contributed by atoms with E-state index in [4.69, 9.17) is 4.74 Å². The molecule has 0 radical (unpaired) electrons. The summed E-state index contributed by atoms with van der Waals surface area (Å²) in [5, 5.41) is 11.1. The summed E-state index contributed by atoms with van der Waals surface area (Å²) in [6.45, 7) is 6.36. The van der Waals surface area contributed by atoms with Crippen LogP contribution in [0.1, 0.15) is 50.4 Å². The molecule has 174 valence electrons. The molecule has 5 atom stereocenters. The first-order valence-electron chi connectivity index (χ1n) is 11.8. The zero-order chi connectivity index (χ0) is 23.7. The first-order chi connectivity index (χ1) is 15.8. The third kappa shape index (κ3) is 4.29. The summed E-state index contributed by atoms with van der Waals surface area (Å²) < 4.78 is 5.20. The number of rotatable bonds is 5. The van der Waals surface area contributed by atoms with E-state index in [0.717, 1.165) is 12.8 Å². The largest absolute Gasteiger partial charge is 0.506 e. The van der Waals surface area contributed by atoms with E-state index in [9.17, 15) is 14.7 Å². The van der Waals surface area contributed by atoms with E-state index < -0.39 is 11.5 Å².